The van der Waals surface area contributed by atoms with Crippen LogP contribution in [0.2, 0.25) is 0 Å². The average molecular weight is 367 g/mol. The second-order valence-corrected chi connectivity index (χ2v) is 5.71. The first-order valence-electron chi connectivity index (χ1n) is 9.15. The summed E-state index contributed by atoms with van der Waals surface area (Å²) in [6.45, 7) is 7.35. The first kappa shape index (κ1) is 22.1. The number of nitrogens with one attached hydrogen (secondary N) is 2. The molecule has 0 saturated heterocycles. The van der Waals surface area contributed by atoms with E-state index in [1.807, 2.05) is 13.8 Å². The van der Waals surface area contributed by atoms with E-state index < -0.39 is 6.10 Å². The summed E-state index contributed by atoms with van der Waals surface area (Å²) < 4.78 is 15.8. The van der Waals surface area contributed by atoms with Gasteiger partial charge in [0.2, 0.25) is 0 Å². The van der Waals surface area contributed by atoms with E-state index >= 15 is 0 Å². The predicted octanol–water partition coefficient (Wildman–Crippen LogP) is 2.11. The fourth-order valence-corrected chi connectivity index (χ4v) is 2.33. The van der Waals surface area contributed by atoms with Crippen molar-refractivity contribution in [3.05, 3.63) is 23.8 Å². The highest BCUT2D eigenvalue weighted by Gasteiger charge is 2.11. The molecule has 7 nitrogen and oxygen atoms in total. The molecule has 0 amide bonds. The SMILES string of the molecule is CCNC(=NCC(O)c1cc(OC)cc(OC)c1)NCCCCOCC. The molecule has 26 heavy (non-hydrogen) atoms. The number of benzene rings is 1. The molecule has 0 aromatic heterocycles. The van der Waals surface area contributed by atoms with Gasteiger partial charge in [0.05, 0.1) is 26.9 Å². The van der Waals surface area contributed by atoms with Crippen molar-refractivity contribution < 1.29 is 19.3 Å². The molecular weight excluding hydrogens is 334 g/mol. The monoisotopic (exact) mass is 367 g/mol. The number of hydrogen-bond donors (Lipinski definition) is 3. The minimum absolute atomic E-state index is 0.241. The van der Waals surface area contributed by atoms with E-state index in [1.54, 1.807) is 32.4 Å². The molecule has 0 spiro atoms. The fraction of sp³-hybridized carbons (Fsp3) is 0.632. The second kappa shape index (κ2) is 13.2. The molecule has 0 heterocycles. The Labute approximate surface area is 156 Å². The first-order chi connectivity index (χ1) is 12.6. The number of aliphatic hydroxyl groups excluding tert-OH is 1. The summed E-state index contributed by atoms with van der Waals surface area (Å²) in [7, 11) is 3.17. The molecule has 1 rings (SSSR count). The highest BCUT2D eigenvalue weighted by atomic mass is 16.5. The van der Waals surface area contributed by atoms with Crippen LogP contribution in [0.5, 0.6) is 11.5 Å². The zero-order valence-electron chi connectivity index (χ0n) is 16.4. The highest BCUT2D eigenvalue weighted by molar-refractivity contribution is 5.79. The zero-order chi connectivity index (χ0) is 19.2. The van der Waals surface area contributed by atoms with E-state index in [1.165, 1.54) is 0 Å². The van der Waals surface area contributed by atoms with Crippen molar-refractivity contribution in [3.8, 4) is 11.5 Å². The quantitative estimate of drug-likeness (QED) is 0.298. The Bertz CT molecular complexity index is 515. The van der Waals surface area contributed by atoms with Gasteiger partial charge in [-0.2, -0.15) is 0 Å². The van der Waals surface area contributed by atoms with E-state index in [4.69, 9.17) is 14.2 Å². The largest absolute Gasteiger partial charge is 0.497 e. The van der Waals surface area contributed by atoms with Crippen molar-refractivity contribution in [2.75, 3.05) is 47.1 Å². The van der Waals surface area contributed by atoms with Crippen LogP contribution in [0.3, 0.4) is 0 Å². The molecular formula is C19H33N3O4. The van der Waals surface area contributed by atoms with Gasteiger partial charge in [0.15, 0.2) is 5.96 Å². The van der Waals surface area contributed by atoms with E-state index in [2.05, 4.69) is 15.6 Å². The van der Waals surface area contributed by atoms with E-state index in [-0.39, 0.29) is 6.54 Å². The Morgan fingerprint density at radius 2 is 1.77 bits per heavy atom. The zero-order valence-corrected chi connectivity index (χ0v) is 16.4. The van der Waals surface area contributed by atoms with Crippen LogP contribution in [0.15, 0.2) is 23.2 Å². The molecule has 0 saturated carbocycles. The third-order valence-electron chi connectivity index (χ3n) is 3.74. The molecule has 1 aromatic rings. The minimum atomic E-state index is -0.743. The van der Waals surface area contributed by atoms with Gasteiger partial charge in [0.1, 0.15) is 11.5 Å². The van der Waals surface area contributed by atoms with E-state index in [0.29, 0.717) is 23.0 Å². The Kier molecular flexibility index (Phi) is 11.2. The van der Waals surface area contributed by atoms with Gasteiger partial charge in [-0.15, -0.1) is 0 Å². The van der Waals surface area contributed by atoms with Crippen LogP contribution in [-0.2, 0) is 4.74 Å². The summed E-state index contributed by atoms with van der Waals surface area (Å²) >= 11 is 0. The number of ether oxygens (including phenoxy) is 3. The normalized spacial score (nSPS) is 12.6. The number of unbranched alkanes of at least 4 members (excludes halogenated alkanes) is 1. The molecule has 0 fully saturated rings. The lowest BCUT2D eigenvalue weighted by atomic mass is 10.1. The molecule has 0 aliphatic carbocycles. The van der Waals surface area contributed by atoms with Gasteiger partial charge in [-0.1, -0.05) is 0 Å². The molecule has 1 aromatic carbocycles. The fourth-order valence-electron chi connectivity index (χ4n) is 2.33. The second-order valence-electron chi connectivity index (χ2n) is 5.71. The maximum atomic E-state index is 10.5. The Morgan fingerprint density at radius 3 is 2.35 bits per heavy atom. The summed E-state index contributed by atoms with van der Waals surface area (Å²) in [6.07, 6.45) is 1.26. The molecule has 7 heteroatoms. The van der Waals surface area contributed by atoms with Crippen LogP contribution in [0.25, 0.3) is 0 Å². The smallest absolute Gasteiger partial charge is 0.191 e. The summed E-state index contributed by atoms with van der Waals surface area (Å²) in [5.41, 5.74) is 0.706. The van der Waals surface area contributed by atoms with Gasteiger partial charge in [-0.3, -0.25) is 4.99 Å². The number of guanidine groups is 1. The number of methoxy groups -OCH3 is 2. The number of aliphatic imine (C=N–C) groups is 1. The van der Waals surface area contributed by atoms with Crippen molar-refractivity contribution in [3.63, 3.8) is 0 Å². The van der Waals surface area contributed by atoms with Gasteiger partial charge in [0.25, 0.3) is 0 Å². The van der Waals surface area contributed by atoms with Crippen LogP contribution < -0.4 is 20.1 Å². The Morgan fingerprint density at radius 1 is 1.08 bits per heavy atom. The van der Waals surface area contributed by atoms with Gasteiger partial charge < -0.3 is 30.0 Å². The molecule has 0 radical (unpaired) electrons. The highest BCUT2D eigenvalue weighted by Crippen LogP contribution is 2.26. The van der Waals surface area contributed by atoms with Crippen molar-refractivity contribution in [2.45, 2.75) is 32.8 Å². The van der Waals surface area contributed by atoms with Crippen LogP contribution in [0.4, 0.5) is 0 Å². The van der Waals surface area contributed by atoms with Crippen LogP contribution in [-0.4, -0.2) is 58.1 Å². The van der Waals surface area contributed by atoms with Gasteiger partial charge in [-0.05, 0) is 44.4 Å². The molecule has 0 aliphatic rings. The molecule has 0 bridgehead atoms. The number of rotatable bonds is 12. The molecule has 0 aliphatic heterocycles. The van der Waals surface area contributed by atoms with Crippen LogP contribution in [0, 0.1) is 0 Å². The summed E-state index contributed by atoms with van der Waals surface area (Å²) in [5, 5.41) is 16.9. The number of hydrogen-bond acceptors (Lipinski definition) is 5. The van der Waals surface area contributed by atoms with Crippen molar-refractivity contribution in [1.82, 2.24) is 10.6 Å². The first-order valence-corrected chi connectivity index (χ1v) is 9.15. The number of aliphatic hydroxyl groups is 1. The molecule has 1 atom stereocenters. The molecule has 148 valence electrons. The summed E-state index contributed by atoms with van der Waals surface area (Å²) in [5.74, 6) is 1.97. The van der Waals surface area contributed by atoms with Crippen LogP contribution in [0.1, 0.15) is 38.4 Å². The lowest BCUT2D eigenvalue weighted by molar-refractivity contribution is 0.143. The van der Waals surface area contributed by atoms with Crippen molar-refractivity contribution in [1.29, 1.82) is 0 Å². The maximum Gasteiger partial charge on any atom is 0.191 e. The Hall–Kier alpha value is -1.99. The van der Waals surface area contributed by atoms with Crippen molar-refractivity contribution >= 4 is 5.96 Å². The summed E-state index contributed by atoms with van der Waals surface area (Å²) in [6, 6.07) is 5.35. The predicted molar refractivity (Wildman–Crippen MR) is 104 cm³/mol. The van der Waals surface area contributed by atoms with E-state index in [9.17, 15) is 5.11 Å². The van der Waals surface area contributed by atoms with E-state index in [0.717, 1.165) is 39.1 Å². The summed E-state index contributed by atoms with van der Waals surface area (Å²) in [4.78, 5) is 4.47. The lowest BCUT2D eigenvalue weighted by Crippen LogP contribution is -2.38. The Balaban J connectivity index is 2.59. The maximum absolute atomic E-state index is 10.5. The standard InChI is InChI=1S/C19H33N3O4/c1-5-20-19(21-9-7-8-10-26-6-2)22-14-18(23)15-11-16(24-3)13-17(12-15)25-4/h11-13,18,23H,5-10,14H2,1-4H3,(H2,20,21,22). The minimum Gasteiger partial charge on any atom is -0.497 e. The molecule has 3 N–H and O–H groups in total. The van der Waals surface area contributed by atoms with Gasteiger partial charge in [-0.25, -0.2) is 0 Å². The number of nitrogens with zero attached hydrogens (tertiary/aromatic N) is 1. The van der Waals surface area contributed by atoms with Gasteiger partial charge in [0, 0.05) is 32.4 Å². The topological polar surface area (TPSA) is 84.3 Å². The lowest BCUT2D eigenvalue weighted by Gasteiger charge is -2.15. The average Bonchev–Trinajstić information content (AvgIpc) is 2.67. The molecule has 1 unspecified atom stereocenters. The van der Waals surface area contributed by atoms with Gasteiger partial charge >= 0.3 is 0 Å². The third-order valence-corrected chi connectivity index (χ3v) is 3.74. The van der Waals surface area contributed by atoms with Crippen molar-refractivity contribution in [2.24, 2.45) is 4.99 Å². The van der Waals surface area contributed by atoms with Crippen LogP contribution >= 0.6 is 0 Å². The third kappa shape index (κ3) is 8.40.